The quantitative estimate of drug-likeness (QED) is 0.655. The summed E-state index contributed by atoms with van der Waals surface area (Å²) in [5.74, 6) is 0.431. The van der Waals surface area contributed by atoms with Crippen molar-refractivity contribution in [2.24, 2.45) is 0 Å². The van der Waals surface area contributed by atoms with Gasteiger partial charge in [-0.15, -0.1) is 0 Å². The largest absolute Gasteiger partial charge is 0.490 e. The molecule has 1 aromatic rings. The Kier molecular flexibility index (Phi) is 5.44. The Morgan fingerprint density at radius 1 is 1.56 bits per heavy atom. The highest BCUT2D eigenvalue weighted by Crippen LogP contribution is 2.23. The molecule has 0 fully saturated rings. The smallest absolute Gasteiger partial charge is 0.163 e. The Balaban J connectivity index is 2.82. The lowest BCUT2D eigenvalue weighted by Crippen LogP contribution is -2.19. The Labute approximate surface area is 111 Å². The van der Waals surface area contributed by atoms with Crippen LogP contribution in [0.2, 0.25) is 0 Å². The highest BCUT2D eigenvalue weighted by Gasteiger charge is 2.10. The molecule has 0 amide bonds. The van der Waals surface area contributed by atoms with E-state index in [4.69, 9.17) is 4.74 Å². The van der Waals surface area contributed by atoms with Crippen LogP contribution >= 0.6 is 31.9 Å². The SMILES string of the molecule is CC(=O)c1cc(Br)ccc1OCC(O)CBr. The van der Waals surface area contributed by atoms with E-state index >= 15 is 0 Å². The molecule has 16 heavy (non-hydrogen) atoms. The Bertz CT molecular complexity index is 379. The molecule has 1 N–H and O–H groups in total. The summed E-state index contributed by atoms with van der Waals surface area (Å²) in [6.07, 6.45) is -0.580. The molecule has 0 saturated heterocycles. The van der Waals surface area contributed by atoms with Crippen LogP contribution in [0.4, 0.5) is 0 Å². The lowest BCUT2D eigenvalue weighted by atomic mass is 10.1. The third kappa shape index (κ3) is 3.88. The zero-order chi connectivity index (χ0) is 12.1. The van der Waals surface area contributed by atoms with Crippen LogP contribution in [-0.4, -0.2) is 28.9 Å². The van der Waals surface area contributed by atoms with Crippen molar-refractivity contribution in [1.82, 2.24) is 0 Å². The Hall–Kier alpha value is -0.390. The van der Waals surface area contributed by atoms with Crippen molar-refractivity contribution in [2.45, 2.75) is 13.0 Å². The first-order valence-corrected chi connectivity index (χ1v) is 6.63. The molecule has 0 heterocycles. The number of ether oxygens (including phenoxy) is 1. The molecule has 1 atom stereocenters. The van der Waals surface area contributed by atoms with Crippen molar-refractivity contribution < 1.29 is 14.6 Å². The van der Waals surface area contributed by atoms with Crippen molar-refractivity contribution in [3.63, 3.8) is 0 Å². The van der Waals surface area contributed by atoms with E-state index in [0.717, 1.165) is 4.47 Å². The summed E-state index contributed by atoms with van der Waals surface area (Å²) >= 11 is 6.44. The van der Waals surface area contributed by atoms with E-state index in [1.807, 2.05) is 0 Å². The summed E-state index contributed by atoms with van der Waals surface area (Å²) in [7, 11) is 0. The van der Waals surface area contributed by atoms with E-state index in [2.05, 4.69) is 31.9 Å². The molecule has 0 saturated carbocycles. The standard InChI is InChI=1S/C11H12Br2O3/c1-7(14)10-4-8(13)2-3-11(10)16-6-9(15)5-12/h2-4,9,15H,5-6H2,1H3. The monoisotopic (exact) mass is 350 g/mol. The average Bonchev–Trinajstić information content (AvgIpc) is 2.26. The predicted octanol–water partition coefficient (Wildman–Crippen LogP) is 2.79. The van der Waals surface area contributed by atoms with Crippen LogP contribution in [0.15, 0.2) is 22.7 Å². The van der Waals surface area contributed by atoms with Gasteiger partial charge in [-0.2, -0.15) is 0 Å². The van der Waals surface area contributed by atoms with Crippen molar-refractivity contribution >= 4 is 37.6 Å². The molecule has 1 unspecified atom stereocenters. The molecule has 1 aromatic carbocycles. The lowest BCUT2D eigenvalue weighted by molar-refractivity contribution is 0.0998. The number of hydrogen-bond acceptors (Lipinski definition) is 3. The summed E-state index contributed by atoms with van der Waals surface area (Å²) in [5, 5.41) is 9.78. The van der Waals surface area contributed by atoms with Crippen LogP contribution in [-0.2, 0) is 0 Å². The van der Waals surface area contributed by atoms with Gasteiger partial charge in [0.2, 0.25) is 0 Å². The second kappa shape index (κ2) is 6.37. The first-order valence-electron chi connectivity index (χ1n) is 4.72. The molecule has 0 bridgehead atoms. The molecule has 3 nitrogen and oxygen atoms in total. The molecule has 1 rings (SSSR count). The number of carbonyl (C=O) groups is 1. The number of aliphatic hydroxyl groups is 1. The minimum absolute atomic E-state index is 0.0652. The molecule has 88 valence electrons. The van der Waals surface area contributed by atoms with Crippen LogP contribution in [0.1, 0.15) is 17.3 Å². The van der Waals surface area contributed by atoms with E-state index < -0.39 is 6.10 Å². The number of alkyl halides is 1. The minimum Gasteiger partial charge on any atom is -0.490 e. The van der Waals surface area contributed by atoms with Gasteiger partial charge in [0.15, 0.2) is 5.78 Å². The summed E-state index contributed by atoms with van der Waals surface area (Å²) in [6.45, 7) is 1.64. The molecular weight excluding hydrogens is 340 g/mol. The predicted molar refractivity (Wildman–Crippen MR) is 69.4 cm³/mol. The van der Waals surface area contributed by atoms with E-state index in [-0.39, 0.29) is 12.4 Å². The van der Waals surface area contributed by atoms with Gasteiger partial charge in [-0.25, -0.2) is 0 Å². The van der Waals surface area contributed by atoms with Crippen molar-refractivity contribution in [3.8, 4) is 5.75 Å². The van der Waals surface area contributed by atoms with Crippen molar-refractivity contribution in [3.05, 3.63) is 28.2 Å². The molecule has 0 aromatic heterocycles. The molecule has 0 spiro atoms. The third-order valence-corrected chi connectivity index (χ3v) is 3.17. The van der Waals surface area contributed by atoms with Gasteiger partial charge in [0.1, 0.15) is 12.4 Å². The number of halogens is 2. The molecule has 0 aliphatic carbocycles. The lowest BCUT2D eigenvalue weighted by Gasteiger charge is -2.12. The van der Waals surface area contributed by atoms with Gasteiger partial charge >= 0.3 is 0 Å². The normalized spacial score (nSPS) is 12.2. The highest BCUT2D eigenvalue weighted by molar-refractivity contribution is 9.10. The van der Waals surface area contributed by atoms with Gasteiger partial charge in [0.25, 0.3) is 0 Å². The Morgan fingerprint density at radius 2 is 2.25 bits per heavy atom. The van der Waals surface area contributed by atoms with Gasteiger partial charge in [-0.1, -0.05) is 31.9 Å². The van der Waals surface area contributed by atoms with E-state index in [1.54, 1.807) is 18.2 Å². The summed E-state index contributed by atoms with van der Waals surface area (Å²) in [4.78, 5) is 11.4. The molecule has 0 aliphatic heterocycles. The maximum absolute atomic E-state index is 11.4. The van der Waals surface area contributed by atoms with Gasteiger partial charge in [-0.3, -0.25) is 4.79 Å². The molecular formula is C11H12Br2O3. The number of rotatable bonds is 5. The van der Waals surface area contributed by atoms with Crippen molar-refractivity contribution in [1.29, 1.82) is 0 Å². The topological polar surface area (TPSA) is 46.5 Å². The third-order valence-electron chi connectivity index (χ3n) is 1.93. The number of ketones is 1. The summed E-state index contributed by atoms with van der Waals surface area (Å²) < 4.78 is 6.21. The van der Waals surface area contributed by atoms with Gasteiger partial charge in [0, 0.05) is 9.80 Å². The number of benzene rings is 1. The highest BCUT2D eigenvalue weighted by atomic mass is 79.9. The van der Waals surface area contributed by atoms with Crippen LogP contribution in [0, 0.1) is 0 Å². The van der Waals surface area contributed by atoms with Gasteiger partial charge < -0.3 is 9.84 Å². The second-order valence-corrected chi connectivity index (χ2v) is 4.88. The van der Waals surface area contributed by atoms with Crippen LogP contribution in [0.25, 0.3) is 0 Å². The minimum atomic E-state index is -0.580. The second-order valence-electron chi connectivity index (χ2n) is 3.32. The van der Waals surface area contributed by atoms with Gasteiger partial charge in [0.05, 0.1) is 11.7 Å². The average molecular weight is 352 g/mol. The van der Waals surface area contributed by atoms with E-state index in [1.165, 1.54) is 6.92 Å². The molecule has 0 aliphatic rings. The van der Waals surface area contributed by atoms with Crippen molar-refractivity contribution in [2.75, 3.05) is 11.9 Å². The van der Waals surface area contributed by atoms with E-state index in [0.29, 0.717) is 16.6 Å². The zero-order valence-corrected chi connectivity index (χ0v) is 11.9. The summed E-state index contributed by atoms with van der Waals surface area (Å²) in [6, 6.07) is 5.21. The van der Waals surface area contributed by atoms with E-state index in [9.17, 15) is 9.90 Å². The number of hydrogen-bond donors (Lipinski definition) is 1. The fourth-order valence-electron chi connectivity index (χ4n) is 1.13. The maximum Gasteiger partial charge on any atom is 0.163 e. The van der Waals surface area contributed by atoms with Crippen LogP contribution in [0.3, 0.4) is 0 Å². The fraction of sp³-hybridized carbons (Fsp3) is 0.364. The first-order chi connectivity index (χ1) is 7.54. The van der Waals surface area contributed by atoms with Gasteiger partial charge in [-0.05, 0) is 25.1 Å². The zero-order valence-electron chi connectivity index (χ0n) is 8.74. The maximum atomic E-state index is 11.4. The summed E-state index contributed by atoms with van der Waals surface area (Å²) in [5.41, 5.74) is 0.510. The Morgan fingerprint density at radius 3 is 2.81 bits per heavy atom. The van der Waals surface area contributed by atoms with Crippen LogP contribution in [0.5, 0.6) is 5.75 Å². The fourth-order valence-corrected chi connectivity index (χ4v) is 1.68. The molecule has 5 heteroatoms. The number of Topliss-reactive ketones (excluding diaryl/α,β-unsaturated/α-hetero) is 1. The number of aliphatic hydroxyl groups excluding tert-OH is 1. The number of carbonyl (C=O) groups excluding carboxylic acids is 1. The first kappa shape index (κ1) is 13.7. The van der Waals surface area contributed by atoms with Crippen LogP contribution < -0.4 is 4.74 Å². The molecule has 0 radical (unpaired) electrons.